The molecule has 0 spiro atoms. The monoisotopic (exact) mass is 479 g/mol. The minimum absolute atomic E-state index is 0.324. The third-order valence-corrected chi connectivity index (χ3v) is 6.29. The summed E-state index contributed by atoms with van der Waals surface area (Å²) in [5, 5.41) is 18.6. The molecule has 1 N–H and O–H groups in total. The van der Waals surface area contributed by atoms with Gasteiger partial charge in [0.15, 0.2) is 11.5 Å². The van der Waals surface area contributed by atoms with Crippen LogP contribution in [0.15, 0.2) is 36.4 Å². The van der Waals surface area contributed by atoms with Gasteiger partial charge in [-0.25, -0.2) is 0 Å². The quantitative estimate of drug-likeness (QED) is 0.147. The molecule has 35 heavy (non-hydrogen) atoms. The number of aliphatic hydroxyl groups is 1. The molecule has 0 fully saturated rings. The van der Waals surface area contributed by atoms with E-state index in [1.54, 1.807) is 21.3 Å². The molecule has 0 amide bonds. The smallest absolute Gasteiger partial charge is 0.161 e. The molecule has 5 heteroatoms. The van der Waals surface area contributed by atoms with Gasteiger partial charge >= 0.3 is 0 Å². The van der Waals surface area contributed by atoms with E-state index in [0.29, 0.717) is 23.7 Å². The van der Waals surface area contributed by atoms with Crippen molar-refractivity contribution in [2.24, 2.45) is 0 Å². The van der Waals surface area contributed by atoms with Gasteiger partial charge in [-0.1, -0.05) is 63.5 Å². The first kappa shape index (κ1) is 28.3. The molecule has 0 atom stereocenters. The number of aliphatic hydroxyl groups excluding tert-OH is 1. The number of hydrogen-bond acceptors (Lipinski definition) is 5. The number of methoxy groups -OCH3 is 3. The second-order valence-electron chi connectivity index (χ2n) is 8.82. The number of nitriles is 1. The average Bonchev–Trinajstić information content (AvgIpc) is 2.90. The lowest BCUT2D eigenvalue weighted by atomic mass is 9.99. The number of nitrogens with zero attached hydrogens (tertiary/aromatic N) is 1. The summed E-state index contributed by atoms with van der Waals surface area (Å²) in [5.41, 5.74) is 3.46. The van der Waals surface area contributed by atoms with Crippen LogP contribution >= 0.6 is 0 Å². The molecule has 0 aromatic heterocycles. The summed E-state index contributed by atoms with van der Waals surface area (Å²) in [6, 6.07) is 13.9. The predicted molar refractivity (Wildman–Crippen MR) is 143 cm³/mol. The Morgan fingerprint density at radius 1 is 0.743 bits per heavy atom. The third kappa shape index (κ3) is 9.66. The molecule has 0 aliphatic rings. The van der Waals surface area contributed by atoms with Gasteiger partial charge in [0, 0.05) is 6.61 Å². The number of unbranched alkanes of at least 4 members (excludes halogenated alkanes) is 9. The highest BCUT2D eigenvalue weighted by molar-refractivity contribution is 5.90. The van der Waals surface area contributed by atoms with E-state index in [0.717, 1.165) is 42.6 Å². The van der Waals surface area contributed by atoms with Gasteiger partial charge in [-0.15, -0.1) is 0 Å². The first-order valence-electron chi connectivity index (χ1n) is 12.8. The van der Waals surface area contributed by atoms with Gasteiger partial charge < -0.3 is 19.3 Å². The van der Waals surface area contributed by atoms with Crippen molar-refractivity contribution >= 4 is 11.6 Å². The van der Waals surface area contributed by atoms with Crippen molar-refractivity contribution in [2.45, 2.75) is 70.6 Å². The van der Waals surface area contributed by atoms with E-state index >= 15 is 0 Å². The Labute approximate surface area is 211 Å². The Morgan fingerprint density at radius 3 is 1.91 bits per heavy atom. The SMILES string of the molecule is COc1cc(/C=C(\C#N)c2ccc(OC)c(OC)c2)ccc1CCCCCCCCCCCCO. The molecule has 0 aliphatic heterocycles. The number of ether oxygens (including phenoxy) is 3. The molecule has 0 unspecified atom stereocenters. The van der Waals surface area contributed by atoms with Gasteiger partial charge in [-0.2, -0.15) is 5.26 Å². The van der Waals surface area contributed by atoms with Gasteiger partial charge in [-0.05, 0) is 66.3 Å². The van der Waals surface area contributed by atoms with Crippen molar-refractivity contribution in [1.82, 2.24) is 0 Å². The number of aryl methyl sites for hydroxylation is 1. The summed E-state index contributed by atoms with van der Waals surface area (Å²) in [7, 11) is 4.88. The van der Waals surface area contributed by atoms with Crippen LogP contribution < -0.4 is 14.2 Å². The summed E-state index contributed by atoms with van der Waals surface area (Å²) < 4.78 is 16.3. The topological polar surface area (TPSA) is 71.7 Å². The van der Waals surface area contributed by atoms with Crippen LogP contribution in [0.5, 0.6) is 17.2 Å². The number of rotatable bonds is 17. The molecule has 2 rings (SSSR count). The summed E-state index contributed by atoms with van der Waals surface area (Å²) in [6.07, 6.45) is 15.1. The largest absolute Gasteiger partial charge is 0.496 e. The minimum Gasteiger partial charge on any atom is -0.496 e. The van der Waals surface area contributed by atoms with Crippen LogP contribution in [-0.2, 0) is 6.42 Å². The molecule has 5 nitrogen and oxygen atoms in total. The zero-order chi connectivity index (χ0) is 25.3. The van der Waals surface area contributed by atoms with E-state index < -0.39 is 0 Å². The van der Waals surface area contributed by atoms with Gasteiger partial charge in [0.2, 0.25) is 0 Å². The van der Waals surface area contributed by atoms with Crippen molar-refractivity contribution in [3.63, 3.8) is 0 Å². The maximum atomic E-state index is 9.75. The molecule has 2 aromatic rings. The lowest BCUT2D eigenvalue weighted by Crippen LogP contribution is -1.94. The van der Waals surface area contributed by atoms with Crippen molar-refractivity contribution in [3.8, 4) is 23.3 Å². The molecular formula is C30H41NO4. The Bertz CT molecular complexity index is 961. The molecule has 2 aromatic carbocycles. The molecule has 0 aliphatic carbocycles. The maximum Gasteiger partial charge on any atom is 0.161 e. The summed E-state index contributed by atoms with van der Waals surface area (Å²) in [5.74, 6) is 2.09. The molecule has 0 saturated heterocycles. The first-order chi connectivity index (χ1) is 17.2. The lowest BCUT2D eigenvalue weighted by molar-refractivity contribution is 0.282. The molecule has 0 heterocycles. The first-order valence-corrected chi connectivity index (χ1v) is 12.8. The van der Waals surface area contributed by atoms with Crippen molar-refractivity contribution in [1.29, 1.82) is 5.26 Å². The number of allylic oxidation sites excluding steroid dienone is 1. The van der Waals surface area contributed by atoms with E-state index in [1.165, 1.54) is 50.5 Å². The fourth-order valence-corrected chi connectivity index (χ4v) is 4.25. The highest BCUT2D eigenvalue weighted by Crippen LogP contribution is 2.31. The van der Waals surface area contributed by atoms with Crippen LogP contribution in [0.25, 0.3) is 11.6 Å². The van der Waals surface area contributed by atoms with Gasteiger partial charge in [-0.3, -0.25) is 0 Å². The Balaban J connectivity index is 1.89. The van der Waals surface area contributed by atoms with E-state index in [1.807, 2.05) is 36.4 Å². The Kier molecular flexibility index (Phi) is 13.4. The van der Waals surface area contributed by atoms with Crippen LogP contribution in [0.1, 0.15) is 80.9 Å². The number of benzene rings is 2. The second-order valence-corrected chi connectivity index (χ2v) is 8.82. The van der Waals surface area contributed by atoms with Crippen molar-refractivity contribution in [3.05, 3.63) is 53.1 Å². The van der Waals surface area contributed by atoms with Gasteiger partial charge in [0.25, 0.3) is 0 Å². The summed E-state index contributed by atoms with van der Waals surface area (Å²) >= 11 is 0. The third-order valence-electron chi connectivity index (χ3n) is 6.29. The zero-order valence-electron chi connectivity index (χ0n) is 21.6. The molecular weight excluding hydrogens is 438 g/mol. The molecule has 190 valence electrons. The predicted octanol–water partition coefficient (Wildman–Crippen LogP) is 7.21. The van der Waals surface area contributed by atoms with Gasteiger partial charge in [0.05, 0.1) is 33.0 Å². The van der Waals surface area contributed by atoms with E-state index in [4.69, 9.17) is 19.3 Å². The maximum absolute atomic E-state index is 9.75. The van der Waals surface area contributed by atoms with E-state index in [-0.39, 0.29) is 0 Å². The molecule has 0 saturated carbocycles. The second kappa shape index (κ2) is 16.6. The fourth-order valence-electron chi connectivity index (χ4n) is 4.25. The van der Waals surface area contributed by atoms with Crippen molar-refractivity contribution in [2.75, 3.05) is 27.9 Å². The molecule has 0 radical (unpaired) electrons. The van der Waals surface area contributed by atoms with Crippen LogP contribution in [0.3, 0.4) is 0 Å². The van der Waals surface area contributed by atoms with Crippen LogP contribution in [0, 0.1) is 11.3 Å². The minimum atomic E-state index is 0.324. The number of hydrogen-bond donors (Lipinski definition) is 1. The standard InChI is InChI=1S/C30H41NO4/c1-33-28-18-17-26(22-30(28)35-3)27(23-31)20-24-15-16-25(29(21-24)34-2)14-12-10-8-6-4-5-7-9-11-13-19-32/h15-18,20-22,32H,4-14,19H2,1-3H3/b27-20+. The zero-order valence-corrected chi connectivity index (χ0v) is 21.6. The molecule has 0 bridgehead atoms. The van der Waals surface area contributed by atoms with Gasteiger partial charge in [0.1, 0.15) is 5.75 Å². The van der Waals surface area contributed by atoms with Crippen LogP contribution in [0.4, 0.5) is 0 Å². The highest BCUT2D eigenvalue weighted by Gasteiger charge is 2.09. The van der Waals surface area contributed by atoms with E-state index in [9.17, 15) is 5.26 Å². The normalized spacial score (nSPS) is 11.2. The van der Waals surface area contributed by atoms with Crippen LogP contribution in [-0.4, -0.2) is 33.0 Å². The highest BCUT2D eigenvalue weighted by atomic mass is 16.5. The Morgan fingerprint density at radius 2 is 1.34 bits per heavy atom. The summed E-state index contributed by atoms with van der Waals surface area (Å²) in [6.45, 7) is 0.324. The van der Waals surface area contributed by atoms with E-state index in [2.05, 4.69) is 12.1 Å². The lowest BCUT2D eigenvalue weighted by Gasteiger charge is -2.11. The average molecular weight is 480 g/mol. The fraction of sp³-hybridized carbons (Fsp3) is 0.500. The van der Waals surface area contributed by atoms with Crippen LogP contribution in [0.2, 0.25) is 0 Å². The van der Waals surface area contributed by atoms with Crippen molar-refractivity contribution < 1.29 is 19.3 Å². The summed E-state index contributed by atoms with van der Waals surface area (Å²) in [4.78, 5) is 0. The Hall–Kier alpha value is -2.97.